The van der Waals surface area contributed by atoms with Gasteiger partial charge in [-0.15, -0.1) is 11.3 Å². The zero-order valence-corrected chi connectivity index (χ0v) is 18.6. The molecule has 0 bridgehead atoms. The second-order valence-corrected chi connectivity index (χ2v) is 8.24. The van der Waals surface area contributed by atoms with Crippen LogP contribution in [-0.2, 0) is 20.6 Å². The molecule has 0 aliphatic rings. The smallest absolute Gasteiger partial charge is 0.271 e. The average molecular weight is 462 g/mol. The van der Waals surface area contributed by atoms with E-state index in [-0.39, 0.29) is 11.6 Å². The van der Waals surface area contributed by atoms with Crippen LogP contribution in [0.4, 0.5) is 5.69 Å². The molecule has 0 fully saturated rings. The van der Waals surface area contributed by atoms with Gasteiger partial charge in [-0.2, -0.15) is 15.3 Å². The number of fused-ring (bicyclic) bond motifs is 1. The molecule has 2 N–H and O–H groups in total. The normalized spacial score (nSPS) is 11.1. The number of nitrogens with one attached hydrogen (secondary N) is 2. The van der Waals surface area contributed by atoms with Gasteiger partial charge in [0, 0.05) is 38.6 Å². The summed E-state index contributed by atoms with van der Waals surface area (Å²) in [6.45, 7) is 0.300. The molecule has 5 aromatic heterocycles. The predicted octanol–water partition coefficient (Wildman–Crippen LogP) is 2.11. The minimum atomic E-state index is -0.435. The number of carbonyl (C=O) groups excluding carboxylic acids is 2. The molecule has 0 aromatic carbocycles. The van der Waals surface area contributed by atoms with E-state index in [1.807, 2.05) is 29.8 Å². The molecule has 5 aromatic rings. The van der Waals surface area contributed by atoms with E-state index in [4.69, 9.17) is 0 Å². The Labute approximate surface area is 191 Å². The van der Waals surface area contributed by atoms with Crippen LogP contribution in [0.1, 0.15) is 26.4 Å². The topological polar surface area (TPSA) is 124 Å². The van der Waals surface area contributed by atoms with E-state index in [1.165, 1.54) is 17.1 Å². The summed E-state index contributed by atoms with van der Waals surface area (Å²) in [5, 5.41) is 20.1. The third kappa shape index (κ3) is 3.87. The van der Waals surface area contributed by atoms with Gasteiger partial charge in [0.05, 0.1) is 34.8 Å². The summed E-state index contributed by atoms with van der Waals surface area (Å²) in [5.41, 5.74) is 2.93. The maximum atomic E-state index is 13.1. The molecule has 33 heavy (non-hydrogen) atoms. The minimum absolute atomic E-state index is 0.232. The standard InChI is InChI=1S/C21H19N9O2S/c1-28-12-13(9-24-28)8-23-21(32)18-15(11-25-29(18)2)27-20(31)14-10-26-30-16(5-6-22-19(14)30)17-4-3-7-33-17/h3-7,9-12H,8H2,1-2H3,(H,23,32)(H,27,31). The zero-order chi connectivity index (χ0) is 22.9. The van der Waals surface area contributed by atoms with E-state index in [0.717, 1.165) is 16.1 Å². The average Bonchev–Trinajstić information content (AvgIpc) is 3.59. The van der Waals surface area contributed by atoms with Crippen molar-refractivity contribution in [2.24, 2.45) is 14.1 Å². The van der Waals surface area contributed by atoms with Gasteiger partial charge >= 0.3 is 0 Å². The monoisotopic (exact) mass is 461 g/mol. The molecule has 166 valence electrons. The maximum absolute atomic E-state index is 13.1. The molecule has 0 aliphatic carbocycles. The molecule has 0 unspecified atom stereocenters. The van der Waals surface area contributed by atoms with Gasteiger partial charge in [-0.3, -0.25) is 19.0 Å². The van der Waals surface area contributed by atoms with Crippen LogP contribution in [0.3, 0.4) is 0 Å². The number of hydrogen-bond acceptors (Lipinski definition) is 7. The lowest BCUT2D eigenvalue weighted by Crippen LogP contribution is -2.26. The molecule has 0 aliphatic heterocycles. The van der Waals surface area contributed by atoms with Crippen LogP contribution in [0.5, 0.6) is 0 Å². The van der Waals surface area contributed by atoms with Crippen molar-refractivity contribution < 1.29 is 9.59 Å². The van der Waals surface area contributed by atoms with Gasteiger partial charge in [-0.1, -0.05) is 6.07 Å². The Bertz CT molecular complexity index is 1460. The first kappa shape index (κ1) is 20.6. The van der Waals surface area contributed by atoms with Crippen molar-refractivity contribution in [3.63, 3.8) is 0 Å². The molecule has 0 atom stereocenters. The number of amides is 2. The molecule has 5 heterocycles. The number of anilines is 1. The quantitative estimate of drug-likeness (QED) is 0.399. The molecule has 11 nitrogen and oxygen atoms in total. The summed E-state index contributed by atoms with van der Waals surface area (Å²) in [6.07, 6.45) is 8.04. The highest BCUT2D eigenvalue weighted by molar-refractivity contribution is 7.13. The van der Waals surface area contributed by atoms with Crippen molar-refractivity contribution >= 4 is 34.5 Å². The molecular weight excluding hydrogens is 442 g/mol. The van der Waals surface area contributed by atoms with Crippen molar-refractivity contribution in [1.82, 2.24) is 39.5 Å². The van der Waals surface area contributed by atoms with Crippen molar-refractivity contribution in [3.8, 4) is 10.6 Å². The highest BCUT2D eigenvalue weighted by atomic mass is 32.1. The van der Waals surface area contributed by atoms with Crippen LogP contribution in [0.2, 0.25) is 0 Å². The summed E-state index contributed by atoms with van der Waals surface area (Å²) in [6, 6.07) is 5.78. The lowest BCUT2D eigenvalue weighted by atomic mass is 10.2. The van der Waals surface area contributed by atoms with Crippen molar-refractivity contribution in [1.29, 1.82) is 0 Å². The fraction of sp³-hybridized carbons (Fsp3) is 0.143. The summed E-state index contributed by atoms with van der Waals surface area (Å²) >= 11 is 1.57. The largest absolute Gasteiger partial charge is 0.346 e. The number of aryl methyl sites for hydroxylation is 2. The third-order valence-electron chi connectivity index (χ3n) is 5.03. The summed E-state index contributed by atoms with van der Waals surface area (Å²) in [7, 11) is 3.44. The third-order valence-corrected chi connectivity index (χ3v) is 5.93. The number of thiophene rings is 1. The van der Waals surface area contributed by atoms with Crippen LogP contribution >= 0.6 is 11.3 Å². The number of aromatic nitrogens is 7. The van der Waals surface area contributed by atoms with Gasteiger partial charge in [0.1, 0.15) is 11.3 Å². The van der Waals surface area contributed by atoms with Crippen LogP contribution in [-0.4, -0.2) is 46.0 Å². The number of nitrogens with zero attached hydrogens (tertiary/aromatic N) is 7. The number of carbonyl (C=O) groups is 2. The van der Waals surface area contributed by atoms with Gasteiger partial charge in [0.15, 0.2) is 5.65 Å². The molecule has 0 spiro atoms. The van der Waals surface area contributed by atoms with Crippen LogP contribution in [0.25, 0.3) is 16.2 Å². The number of hydrogen-bond donors (Lipinski definition) is 2. The Morgan fingerprint density at radius 1 is 1.06 bits per heavy atom. The Hall–Kier alpha value is -4.32. The van der Waals surface area contributed by atoms with E-state index in [9.17, 15) is 9.59 Å². The van der Waals surface area contributed by atoms with E-state index in [1.54, 1.807) is 47.0 Å². The van der Waals surface area contributed by atoms with Crippen molar-refractivity contribution in [3.05, 3.63) is 71.4 Å². The van der Waals surface area contributed by atoms with Gasteiger partial charge in [-0.05, 0) is 17.5 Å². The van der Waals surface area contributed by atoms with Crippen LogP contribution in [0, 0.1) is 0 Å². The van der Waals surface area contributed by atoms with Gasteiger partial charge in [0.2, 0.25) is 0 Å². The first-order chi connectivity index (χ1) is 16.0. The second kappa shape index (κ2) is 8.31. The molecular formula is C21H19N9O2S. The second-order valence-electron chi connectivity index (χ2n) is 7.29. The molecule has 0 saturated heterocycles. The van der Waals surface area contributed by atoms with Gasteiger partial charge < -0.3 is 10.6 Å². The lowest BCUT2D eigenvalue weighted by Gasteiger charge is -2.08. The molecule has 5 rings (SSSR count). The maximum Gasteiger partial charge on any atom is 0.271 e. The summed E-state index contributed by atoms with van der Waals surface area (Å²) < 4.78 is 4.70. The van der Waals surface area contributed by atoms with Gasteiger partial charge in [0.25, 0.3) is 11.8 Å². The van der Waals surface area contributed by atoms with Crippen LogP contribution in [0.15, 0.2) is 54.6 Å². The Kier molecular flexibility index (Phi) is 5.18. The molecule has 0 saturated carbocycles. The van der Waals surface area contributed by atoms with Gasteiger partial charge in [-0.25, -0.2) is 9.50 Å². The fourth-order valence-corrected chi connectivity index (χ4v) is 4.22. The van der Waals surface area contributed by atoms with Crippen LogP contribution < -0.4 is 10.6 Å². The first-order valence-electron chi connectivity index (χ1n) is 9.97. The summed E-state index contributed by atoms with van der Waals surface area (Å²) in [4.78, 5) is 31.2. The Morgan fingerprint density at radius 3 is 2.70 bits per heavy atom. The van der Waals surface area contributed by atoms with E-state index in [0.29, 0.717) is 23.4 Å². The van der Waals surface area contributed by atoms with E-state index < -0.39 is 5.91 Å². The molecule has 12 heteroatoms. The van der Waals surface area contributed by atoms with Crippen molar-refractivity contribution in [2.75, 3.05) is 5.32 Å². The summed E-state index contributed by atoms with van der Waals surface area (Å²) in [5.74, 6) is -0.803. The van der Waals surface area contributed by atoms with E-state index >= 15 is 0 Å². The predicted molar refractivity (Wildman–Crippen MR) is 122 cm³/mol. The minimum Gasteiger partial charge on any atom is -0.346 e. The highest BCUT2D eigenvalue weighted by Crippen LogP contribution is 2.25. The zero-order valence-electron chi connectivity index (χ0n) is 17.8. The highest BCUT2D eigenvalue weighted by Gasteiger charge is 2.22. The fourth-order valence-electron chi connectivity index (χ4n) is 3.48. The number of rotatable bonds is 6. The Morgan fingerprint density at radius 2 is 1.94 bits per heavy atom. The molecule has 0 radical (unpaired) electrons. The molecule has 2 amide bonds. The lowest BCUT2D eigenvalue weighted by molar-refractivity contribution is 0.0942. The van der Waals surface area contributed by atoms with Crippen molar-refractivity contribution in [2.45, 2.75) is 6.54 Å². The first-order valence-corrected chi connectivity index (χ1v) is 10.8. The SMILES string of the molecule is Cn1cc(CNC(=O)c2c(NC(=O)c3cnn4c(-c5cccs5)ccnc34)cnn2C)cn1. The van der Waals surface area contributed by atoms with E-state index in [2.05, 4.69) is 30.9 Å². The Balaban J connectivity index is 1.38.